The molecule has 1 aliphatic rings. The Labute approximate surface area is 229 Å². The molecule has 188 valence electrons. The zero-order valence-corrected chi connectivity index (χ0v) is 23.6. The minimum absolute atomic E-state index is 0.00882. The molecule has 0 aliphatic heterocycles. The van der Waals surface area contributed by atoms with Crippen molar-refractivity contribution in [1.82, 2.24) is 10.6 Å². The normalized spacial score (nSPS) is 21.5. The highest BCUT2D eigenvalue weighted by atomic mass is 35.5. The summed E-state index contributed by atoms with van der Waals surface area (Å²) in [7, 11) is 0. The number of carbonyl (C=O) groups is 2. The fraction of sp³-hybridized carbons (Fsp3) is 0.357. The molecule has 1 saturated carbocycles. The van der Waals surface area contributed by atoms with Gasteiger partial charge in [-0.1, -0.05) is 80.4 Å². The van der Waals surface area contributed by atoms with E-state index in [4.69, 9.17) is 23.2 Å². The van der Waals surface area contributed by atoms with Crippen molar-refractivity contribution in [3.8, 4) is 0 Å². The SMILES string of the molecule is CC1(C)C[C@@H](NC(=O)c2sc3ccccc3c2Cl)C[C@](C)(CNC(=O)c2sc3ccccc3c2Cl)C1. The van der Waals surface area contributed by atoms with Crippen LogP contribution in [0.15, 0.2) is 48.5 Å². The molecule has 1 fully saturated rings. The first-order chi connectivity index (χ1) is 17.1. The second-order valence-electron chi connectivity index (χ2n) is 10.9. The molecule has 0 saturated heterocycles. The molecular weight excluding hydrogens is 531 g/mol. The Hall–Kier alpha value is -2.12. The molecule has 0 spiro atoms. The van der Waals surface area contributed by atoms with Crippen molar-refractivity contribution in [2.45, 2.75) is 46.1 Å². The Kier molecular flexibility index (Phi) is 6.83. The second kappa shape index (κ2) is 9.64. The zero-order valence-electron chi connectivity index (χ0n) is 20.4. The van der Waals surface area contributed by atoms with Crippen molar-refractivity contribution < 1.29 is 9.59 Å². The molecule has 5 rings (SSSR count). The lowest BCUT2D eigenvalue weighted by Gasteiger charge is -2.47. The molecular formula is C28H28Cl2N2O2S2. The standard InChI is InChI=1S/C28H28Cl2N2O2S2/c1-27(2)12-16(32-26(34)24-22(30)18-9-5-7-11-20(18)36-24)13-28(3,14-27)15-31-25(33)23-21(29)17-8-4-6-10-19(17)35-23/h4-11,16H,12-15H2,1-3H3,(H,31,33)(H,32,34)/t16-,28+/m1/s1. The molecule has 2 N–H and O–H groups in total. The van der Waals surface area contributed by atoms with E-state index in [1.54, 1.807) is 0 Å². The molecule has 2 heterocycles. The van der Waals surface area contributed by atoms with E-state index in [1.165, 1.54) is 22.7 Å². The van der Waals surface area contributed by atoms with E-state index in [0.717, 1.165) is 39.4 Å². The van der Waals surface area contributed by atoms with E-state index < -0.39 is 0 Å². The molecule has 8 heteroatoms. The molecule has 36 heavy (non-hydrogen) atoms. The van der Waals surface area contributed by atoms with Crippen LogP contribution in [0, 0.1) is 10.8 Å². The Morgan fingerprint density at radius 3 is 1.94 bits per heavy atom. The number of hydrogen-bond donors (Lipinski definition) is 2. The highest BCUT2D eigenvalue weighted by molar-refractivity contribution is 7.22. The molecule has 2 amide bonds. The Balaban J connectivity index is 1.29. The van der Waals surface area contributed by atoms with Gasteiger partial charge in [0.25, 0.3) is 11.8 Å². The first-order valence-electron chi connectivity index (χ1n) is 12.0. The van der Waals surface area contributed by atoms with Crippen LogP contribution >= 0.6 is 45.9 Å². The number of amides is 2. The van der Waals surface area contributed by atoms with Crippen molar-refractivity contribution in [2.24, 2.45) is 10.8 Å². The summed E-state index contributed by atoms with van der Waals surface area (Å²) >= 11 is 15.9. The van der Waals surface area contributed by atoms with E-state index >= 15 is 0 Å². The van der Waals surface area contributed by atoms with Gasteiger partial charge in [-0.15, -0.1) is 22.7 Å². The average molecular weight is 560 g/mol. The second-order valence-corrected chi connectivity index (χ2v) is 13.8. The van der Waals surface area contributed by atoms with Crippen LogP contribution in [0.3, 0.4) is 0 Å². The van der Waals surface area contributed by atoms with Crippen LogP contribution in [0.4, 0.5) is 0 Å². The first kappa shape index (κ1) is 25.5. The Morgan fingerprint density at radius 2 is 1.39 bits per heavy atom. The quantitative estimate of drug-likeness (QED) is 0.259. The predicted octanol–water partition coefficient (Wildman–Crippen LogP) is 8.17. The van der Waals surface area contributed by atoms with Crippen molar-refractivity contribution >= 4 is 77.9 Å². The minimum atomic E-state index is -0.178. The lowest BCUT2D eigenvalue weighted by atomic mass is 9.62. The van der Waals surface area contributed by atoms with Gasteiger partial charge in [0.15, 0.2) is 0 Å². The maximum absolute atomic E-state index is 13.2. The van der Waals surface area contributed by atoms with Crippen molar-refractivity contribution in [1.29, 1.82) is 0 Å². The van der Waals surface area contributed by atoms with E-state index in [1.807, 2.05) is 48.5 Å². The van der Waals surface area contributed by atoms with E-state index in [9.17, 15) is 9.59 Å². The average Bonchev–Trinajstić information content (AvgIpc) is 3.34. The summed E-state index contributed by atoms with van der Waals surface area (Å²) in [4.78, 5) is 27.4. The minimum Gasteiger partial charge on any atom is -0.351 e. The highest BCUT2D eigenvalue weighted by Crippen LogP contribution is 2.46. The number of halogens is 2. The van der Waals surface area contributed by atoms with Crippen LogP contribution in [-0.4, -0.2) is 24.4 Å². The fourth-order valence-corrected chi connectivity index (χ4v) is 8.67. The topological polar surface area (TPSA) is 58.2 Å². The molecule has 2 aromatic carbocycles. The van der Waals surface area contributed by atoms with Crippen LogP contribution in [-0.2, 0) is 0 Å². The van der Waals surface area contributed by atoms with Gasteiger partial charge in [-0.3, -0.25) is 9.59 Å². The summed E-state index contributed by atoms with van der Waals surface area (Å²) in [5.41, 5.74) is -0.169. The van der Waals surface area contributed by atoms with Gasteiger partial charge >= 0.3 is 0 Å². The Bertz CT molecular complexity index is 1480. The molecule has 2 atom stereocenters. The number of nitrogens with one attached hydrogen (secondary N) is 2. The Morgan fingerprint density at radius 1 is 0.861 bits per heavy atom. The zero-order chi connectivity index (χ0) is 25.7. The summed E-state index contributed by atoms with van der Waals surface area (Å²) in [5.74, 6) is -0.282. The number of carbonyl (C=O) groups excluding carboxylic acids is 2. The molecule has 1 aliphatic carbocycles. The summed E-state index contributed by atoms with van der Waals surface area (Å²) in [6.07, 6.45) is 2.58. The molecule has 4 aromatic rings. The lowest BCUT2D eigenvalue weighted by molar-refractivity contribution is 0.0594. The molecule has 2 aromatic heterocycles. The summed E-state index contributed by atoms with van der Waals surface area (Å²) < 4.78 is 2.00. The van der Waals surface area contributed by atoms with Crippen molar-refractivity contribution in [3.63, 3.8) is 0 Å². The number of thiophene rings is 2. The maximum atomic E-state index is 13.2. The van der Waals surface area contributed by atoms with Crippen LogP contribution < -0.4 is 10.6 Å². The third-order valence-electron chi connectivity index (χ3n) is 6.94. The van der Waals surface area contributed by atoms with Gasteiger partial charge in [0.05, 0.1) is 10.0 Å². The van der Waals surface area contributed by atoms with Crippen molar-refractivity contribution in [3.05, 3.63) is 68.3 Å². The van der Waals surface area contributed by atoms with Gasteiger partial charge in [0.2, 0.25) is 0 Å². The molecule has 0 bridgehead atoms. The van der Waals surface area contributed by atoms with E-state index in [-0.39, 0.29) is 28.7 Å². The third-order valence-corrected chi connectivity index (χ3v) is 10.3. The largest absolute Gasteiger partial charge is 0.351 e. The van der Waals surface area contributed by atoms with Crippen LogP contribution in [0.1, 0.15) is 59.4 Å². The maximum Gasteiger partial charge on any atom is 0.263 e. The number of benzene rings is 2. The van der Waals surface area contributed by atoms with E-state index in [0.29, 0.717) is 26.3 Å². The lowest BCUT2D eigenvalue weighted by Crippen LogP contribution is -2.50. The van der Waals surface area contributed by atoms with Crippen LogP contribution in [0.2, 0.25) is 10.0 Å². The third kappa shape index (κ3) is 5.01. The van der Waals surface area contributed by atoms with Gasteiger partial charge in [-0.25, -0.2) is 0 Å². The molecule has 4 nitrogen and oxygen atoms in total. The number of hydrogen-bond acceptors (Lipinski definition) is 4. The molecule has 0 unspecified atom stereocenters. The smallest absolute Gasteiger partial charge is 0.263 e. The van der Waals surface area contributed by atoms with Gasteiger partial charge in [-0.05, 0) is 42.2 Å². The van der Waals surface area contributed by atoms with Gasteiger partial charge in [-0.2, -0.15) is 0 Å². The summed E-state index contributed by atoms with van der Waals surface area (Å²) in [6.45, 7) is 7.14. The van der Waals surface area contributed by atoms with Gasteiger partial charge in [0.1, 0.15) is 9.75 Å². The molecule has 0 radical (unpaired) electrons. The van der Waals surface area contributed by atoms with Gasteiger partial charge in [0, 0.05) is 32.8 Å². The van der Waals surface area contributed by atoms with E-state index in [2.05, 4.69) is 31.4 Å². The van der Waals surface area contributed by atoms with Gasteiger partial charge < -0.3 is 10.6 Å². The van der Waals surface area contributed by atoms with Crippen molar-refractivity contribution in [2.75, 3.05) is 6.54 Å². The summed E-state index contributed by atoms with van der Waals surface area (Å²) in [5, 5.41) is 9.22. The number of fused-ring (bicyclic) bond motifs is 2. The van der Waals surface area contributed by atoms with Crippen LogP contribution in [0.25, 0.3) is 20.2 Å². The fourth-order valence-electron chi connectivity index (χ4n) is 5.82. The monoisotopic (exact) mass is 558 g/mol. The summed E-state index contributed by atoms with van der Waals surface area (Å²) in [6, 6.07) is 15.6. The number of rotatable bonds is 5. The predicted molar refractivity (Wildman–Crippen MR) is 153 cm³/mol. The van der Waals surface area contributed by atoms with Crippen LogP contribution in [0.5, 0.6) is 0 Å². The highest BCUT2D eigenvalue weighted by Gasteiger charge is 2.42. The first-order valence-corrected chi connectivity index (χ1v) is 14.4.